The summed E-state index contributed by atoms with van der Waals surface area (Å²) >= 11 is 0. The lowest BCUT2D eigenvalue weighted by atomic mass is 10.2. The lowest BCUT2D eigenvalue weighted by Crippen LogP contribution is -2.31. The number of rotatable bonds is 11. The van der Waals surface area contributed by atoms with E-state index in [9.17, 15) is 0 Å². The summed E-state index contributed by atoms with van der Waals surface area (Å²) in [6.45, 7) is 4.99. The topological polar surface area (TPSA) is 89.1 Å². The van der Waals surface area contributed by atoms with Gasteiger partial charge in [0, 0.05) is 26.2 Å². The maximum absolute atomic E-state index is 8.40. The monoisotopic (exact) mass is 247 g/mol. The predicted molar refractivity (Wildman–Crippen MR) is 67.4 cm³/mol. The first kappa shape index (κ1) is 16.1. The van der Waals surface area contributed by atoms with E-state index in [-0.39, 0.29) is 11.9 Å². The molecule has 0 heterocycles. The van der Waals surface area contributed by atoms with Gasteiger partial charge in [0.15, 0.2) is 0 Å². The van der Waals surface area contributed by atoms with Gasteiger partial charge in [-0.15, -0.1) is 0 Å². The van der Waals surface area contributed by atoms with E-state index in [2.05, 4.69) is 10.5 Å². The Hall–Kier alpha value is -0.850. The molecule has 1 atom stereocenters. The van der Waals surface area contributed by atoms with Crippen LogP contribution in [0.1, 0.15) is 26.2 Å². The smallest absolute Gasteiger partial charge is 0.140 e. The van der Waals surface area contributed by atoms with E-state index < -0.39 is 0 Å². The summed E-state index contributed by atoms with van der Waals surface area (Å²) < 4.78 is 10.2. The first-order valence-corrected chi connectivity index (χ1v) is 5.97. The van der Waals surface area contributed by atoms with E-state index in [1.54, 1.807) is 7.11 Å². The van der Waals surface area contributed by atoms with Crippen LogP contribution in [0.25, 0.3) is 0 Å². The average Bonchev–Trinajstić information content (AvgIpc) is 2.32. The van der Waals surface area contributed by atoms with Crippen molar-refractivity contribution in [2.45, 2.75) is 32.2 Å². The molecule has 4 N–H and O–H groups in total. The molecular weight excluding hydrogens is 222 g/mol. The Kier molecular flexibility index (Phi) is 11.0. The lowest BCUT2D eigenvalue weighted by molar-refractivity contribution is 0.0687. The minimum absolute atomic E-state index is 0.223. The standard InChI is InChI=1S/C11H25N3O3/c1-10(9-11(12)14-15)13-5-3-4-6-17-8-7-16-2/h10,13,15H,3-9H2,1-2H3,(H2,12,14). The quantitative estimate of drug-likeness (QED) is 0.163. The van der Waals surface area contributed by atoms with Gasteiger partial charge in [-0.1, -0.05) is 5.16 Å². The van der Waals surface area contributed by atoms with Crippen molar-refractivity contribution in [3.8, 4) is 0 Å². The number of hydrogen-bond donors (Lipinski definition) is 3. The summed E-state index contributed by atoms with van der Waals surface area (Å²) in [5.41, 5.74) is 5.40. The van der Waals surface area contributed by atoms with Crippen molar-refractivity contribution < 1.29 is 14.7 Å². The van der Waals surface area contributed by atoms with Gasteiger partial charge in [0.2, 0.25) is 0 Å². The second-order valence-corrected chi connectivity index (χ2v) is 3.96. The maximum atomic E-state index is 8.40. The van der Waals surface area contributed by atoms with Crippen LogP contribution >= 0.6 is 0 Å². The van der Waals surface area contributed by atoms with Gasteiger partial charge in [-0.25, -0.2) is 0 Å². The maximum Gasteiger partial charge on any atom is 0.140 e. The Labute approximate surface area is 103 Å². The van der Waals surface area contributed by atoms with Crippen LogP contribution in [-0.2, 0) is 9.47 Å². The molecule has 0 aliphatic heterocycles. The molecule has 0 saturated carbocycles. The van der Waals surface area contributed by atoms with E-state index in [0.717, 1.165) is 26.0 Å². The number of nitrogens with one attached hydrogen (secondary N) is 1. The first-order valence-electron chi connectivity index (χ1n) is 5.97. The van der Waals surface area contributed by atoms with Gasteiger partial charge in [-0.2, -0.15) is 0 Å². The summed E-state index contributed by atoms with van der Waals surface area (Å²) in [5.74, 6) is 0.257. The molecule has 0 rings (SSSR count). The van der Waals surface area contributed by atoms with Gasteiger partial charge in [-0.05, 0) is 26.3 Å². The molecule has 0 aromatic carbocycles. The Morgan fingerprint density at radius 2 is 2.12 bits per heavy atom. The molecule has 0 aromatic rings. The zero-order valence-electron chi connectivity index (χ0n) is 10.8. The summed E-state index contributed by atoms with van der Waals surface area (Å²) in [6.07, 6.45) is 2.63. The molecule has 0 bridgehead atoms. The zero-order chi connectivity index (χ0) is 12.9. The van der Waals surface area contributed by atoms with Gasteiger partial charge in [0.25, 0.3) is 0 Å². The van der Waals surface area contributed by atoms with Crippen LogP contribution in [0.3, 0.4) is 0 Å². The molecule has 0 amide bonds. The number of oxime groups is 1. The molecule has 102 valence electrons. The molecule has 0 fully saturated rings. The van der Waals surface area contributed by atoms with Crippen LogP contribution in [-0.4, -0.2) is 50.6 Å². The van der Waals surface area contributed by atoms with E-state index >= 15 is 0 Å². The third kappa shape index (κ3) is 11.4. The van der Waals surface area contributed by atoms with Gasteiger partial charge >= 0.3 is 0 Å². The highest BCUT2D eigenvalue weighted by Crippen LogP contribution is 1.93. The number of nitrogens with zero attached hydrogens (tertiary/aromatic N) is 1. The Balaban J connectivity index is 3.22. The number of nitrogens with two attached hydrogens (primary N) is 1. The number of ether oxygens (including phenoxy) is 2. The normalized spacial score (nSPS) is 13.9. The van der Waals surface area contributed by atoms with Gasteiger partial charge in [0.05, 0.1) is 13.2 Å². The van der Waals surface area contributed by atoms with E-state index in [1.165, 1.54) is 0 Å². The summed E-state index contributed by atoms with van der Waals surface area (Å²) in [6, 6.07) is 0.223. The van der Waals surface area contributed by atoms with E-state index in [0.29, 0.717) is 19.6 Å². The SMILES string of the molecule is COCCOCCCCNC(C)CC(N)=NO. The fraction of sp³-hybridized carbons (Fsp3) is 0.909. The van der Waals surface area contributed by atoms with Crippen LogP contribution in [0.4, 0.5) is 0 Å². The fourth-order valence-electron chi connectivity index (χ4n) is 1.35. The van der Waals surface area contributed by atoms with Gasteiger partial charge in [-0.3, -0.25) is 0 Å². The fourth-order valence-corrected chi connectivity index (χ4v) is 1.35. The molecule has 1 unspecified atom stereocenters. The first-order chi connectivity index (χ1) is 8.20. The molecule has 0 aliphatic carbocycles. The average molecular weight is 247 g/mol. The molecule has 0 spiro atoms. The molecule has 0 radical (unpaired) electrons. The van der Waals surface area contributed by atoms with Crippen molar-refractivity contribution in [2.75, 3.05) is 33.5 Å². The van der Waals surface area contributed by atoms with Crippen molar-refractivity contribution >= 4 is 5.84 Å². The second kappa shape index (κ2) is 11.6. The highest BCUT2D eigenvalue weighted by molar-refractivity contribution is 5.80. The van der Waals surface area contributed by atoms with Crippen molar-refractivity contribution in [1.82, 2.24) is 5.32 Å². The highest BCUT2D eigenvalue weighted by Gasteiger charge is 2.03. The number of unbranched alkanes of at least 4 members (excludes halogenated alkanes) is 1. The molecule has 0 saturated heterocycles. The van der Waals surface area contributed by atoms with Crippen molar-refractivity contribution in [2.24, 2.45) is 10.9 Å². The van der Waals surface area contributed by atoms with Crippen LogP contribution in [0.2, 0.25) is 0 Å². The van der Waals surface area contributed by atoms with Crippen LogP contribution in [0, 0.1) is 0 Å². The predicted octanol–water partition coefficient (Wildman–Crippen LogP) is 0.544. The molecule has 17 heavy (non-hydrogen) atoms. The minimum Gasteiger partial charge on any atom is -0.409 e. The Morgan fingerprint density at radius 1 is 1.35 bits per heavy atom. The van der Waals surface area contributed by atoms with Gasteiger partial charge < -0.3 is 25.7 Å². The molecule has 6 heteroatoms. The van der Waals surface area contributed by atoms with E-state index in [1.807, 2.05) is 6.92 Å². The van der Waals surface area contributed by atoms with E-state index in [4.69, 9.17) is 20.4 Å². The lowest BCUT2D eigenvalue weighted by Gasteiger charge is -2.12. The Bertz CT molecular complexity index is 200. The van der Waals surface area contributed by atoms with Gasteiger partial charge in [0.1, 0.15) is 5.84 Å². The number of amidine groups is 1. The van der Waals surface area contributed by atoms with Crippen LogP contribution < -0.4 is 11.1 Å². The molecule has 0 aliphatic rings. The zero-order valence-corrected chi connectivity index (χ0v) is 10.8. The Morgan fingerprint density at radius 3 is 2.76 bits per heavy atom. The minimum atomic E-state index is 0.223. The van der Waals surface area contributed by atoms with Crippen molar-refractivity contribution in [3.05, 3.63) is 0 Å². The molecule has 6 nitrogen and oxygen atoms in total. The second-order valence-electron chi connectivity index (χ2n) is 3.96. The number of methoxy groups -OCH3 is 1. The molecule has 0 aromatic heterocycles. The van der Waals surface area contributed by atoms with Crippen LogP contribution in [0.5, 0.6) is 0 Å². The third-order valence-corrected chi connectivity index (χ3v) is 2.28. The third-order valence-electron chi connectivity index (χ3n) is 2.28. The number of hydrogen-bond acceptors (Lipinski definition) is 5. The highest BCUT2D eigenvalue weighted by atomic mass is 16.5. The molecular formula is C11H25N3O3. The summed E-state index contributed by atoms with van der Waals surface area (Å²) in [4.78, 5) is 0. The van der Waals surface area contributed by atoms with Crippen LogP contribution in [0.15, 0.2) is 5.16 Å². The summed E-state index contributed by atoms with van der Waals surface area (Å²) in [7, 11) is 1.66. The summed E-state index contributed by atoms with van der Waals surface area (Å²) in [5, 5.41) is 14.6. The van der Waals surface area contributed by atoms with Crippen molar-refractivity contribution in [1.29, 1.82) is 0 Å². The van der Waals surface area contributed by atoms with Crippen molar-refractivity contribution in [3.63, 3.8) is 0 Å². The largest absolute Gasteiger partial charge is 0.409 e.